The van der Waals surface area contributed by atoms with Crippen LogP contribution in [-0.2, 0) is 12.8 Å². The zero-order chi connectivity index (χ0) is 7.56. The molecule has 2 nitrogen and oxygen atoms in total. The molecule has 0 fully saturated rings. The van der Waals surface area contributed by atoms with Crippen molar-refractivity contribution in [1.29, 1.82) is 0 Å². The lowest BCUT2D eigenvalue weighted by molar-refractivity contribution is 0.380. The summed E-state index contributed by atoms with van der Waals surface area (Å²) in [6, 6.07) is 0. The molecule has 0 radical (unpaired) electrons. The van der Waals surface area contributed by atoms with E-state index in [-0.39, 0.29) is 0 Å². The van der Waals surface area contributed by atoms with Crippen molar-refractivity contribution < 1.29 is 4.52 Å². The lowest BCUT2D eigenvalue weighted by Crippen LogP contribution is -1.79. The molecule has 3 heteroatoms. The van der Waals surface area contributed by atoms with Gasteiger partial charge >= 0.3 is 0 Å². The van der Waals surface area contributed by atoms with Crippen LogP contribution in [-0.4, -0.2) is 5.16 Å². The molecule has 10 heavy (non-hydrogen) atoms. The second-order valence-electron chi connectivity index (χ2n) is 2.07. The Hall–Kier alpha value is -0.310. The molecule has 0 saturated carbocycles. The Bertz CT molecular complexity index is 198. The van der Waals surface area contributed by atoms with Gasteiger partial charge in [-0.2, -0.15) is 0 Å². The van der Waals surface area contributed by atoms with Crippen molar-refractivity contribution in [3.63, 3.8) is 0 Å². The van der Waals surface area contributed by atoms with E-state index in [0.29, 0.717) is 0 Å². The fourth-order valence-electron chi connectivity index (χ4n) is 0.791. The van der Waals surface area contributed by atoms with Crippen LogP contribution in [0.3, 0.4) is 0 Å². The molecule has 56 valence electrons. The molecule has 1 rings (SSSR count). The van der Waals surface area contributed by atoms with E-state index in [1.165, 1.54) is 0 Å². The number of rotatable bonds is 2. The Labute approximate surface area is 68.7 Å². The Kier molecular flexibility index (Phi) is 2.49. The molecule has 0 aliphatic rings. The van der Waals surface area contributed by atoms with E-state index in [9.17, 15) is 0 Å². The van der Waals surface area contributed by atoms with Crippen molar-refractivity contribution in [1.82, 2.24) is 5.16 Å². The van der Waals surface area contributed by atoms with Crippen molar-refractivity contribution in [2.45, 2.75) is 26.7 Å². The highest BCUT2D eigenvalue weighted by atomic mass is 79.9. The van der Waals surface area contributed by atoms with Gasteiger partial charge in [-0.15, -0.1) is 0 Å². The van der Waals surface area contributed by atoms with Gasteiger partial charge in [-0.25, -0.2) is 0 Å². The summed E-state index contributed by atoms with van der Waals surface area (Å²) < 4.78 is 6.08. The molecule has 0 aromatic carbocycles. The van der Waals surface area contributed by atoms with Gasteiger partial charge in [0.15, 0.2) is 5.76 Å². The third-order valence-corrected chi connectivity index (χ3v) is 2.32. The van der Waals surface area contributed by atoms with Gasteiger partial charge in [0.1, 0.15) is 0 Å². The highest BCUT2D eigenvalue weighted by molar-refractivity contribution is 9.10. The number of aromatic nitrogens is 1. The van der Waals surface area contributed by atoms with Crippen LogP contribution in [0, 0.1) is 0 Å². The monoisotopic (exact) mass is 203 g/mol. The standard InChI is InChI=1S/C7H10BrNO/c1-3-5-7(8)6(4-2)10-9-5/h3-4H2,1-2H3. The molecule has 0 spiro atoms. The Morgan fingerprint density at radius 2 is 2.10 bits per heavy atom. The molecule has 0 amide bonds. The Morgan fingerprint density at radius 3 is 2.40 bits per heavy atom. The first-order chi connectivity index (χ1) is 4.79. The summed E-state index contributed by atoms with van der Waals surface area (Å²) in [7, 11) is 0. The maximum atomic E-state index is 5.04. The highest BCUT2D eigenvalue weighted by Gasteiger charge is 2.08. The molecule has 0 saturated heterocycles. The van der Waals surface area contributed by atoms with Crippen molar-refractivity contribution in [3.8, 4) is 0 Å². The van der Waals surface area contributed by atoms with Crippen LogP contribution in [0.4, 0.5) is 0 Å². The fraction of sp³-hybridized carbons (Fsp3) is 0.571. The summed E-state index contributed by atoms with van der Waals surface area (Å²) in [6.07, 6.45) is 1.82. The van der Waals surface area contributed by atoms with Crippen LogP contribution >= 0.6 is 15.9 Å². The Morgan fingerprint density at radius 1 is 1.40 bits per heavy atom. The van der Waals surface area contributed by atoms with Crippen molar-refractivity contribution >= 4 is 15.9 Å². The van der Waals surface area contributed by atoms with Gasteiger partial charge < -0.3 is 4.52 Å². The summed E-state index contributed by atoms with van der Waals surface area (Å²) in [5.74, 6) is 0.942. The van der Waals surface area contributed by atoms with E-state index in [1.54, 1.807) is 0 Å². The van der Waals surface area contributed by atoms with E-state index in [1.807, 2.05) is 6.92 Å². The van der Waals surface area contributed by atoms with Gasteiger partial charge in [0.25, 0.3) is 0 Å². The maximum Gasteiger partial charge on any atom is 0.150 e. The van der Waals surface area contributed by atoms with Crippen molar-refractivity contribution in [3.05, 3.63) is 15.9 Å². The van der Waals surface area contributed by atoms with E-state index >= 15 is 0 Å². The summed E-state index contributed by atoms with van der Waals surface area (Å²) in [6.45, 7) is 4.10. The molecule has 0 bridgehead atoms. The predicted octanol–water partition coefficient (Wildman–Crippen LogP) is 2.56. The van der Waals surface area contributed by atoms with Crippen LogP contribution in [0.5, 0.6) is 0 Å². The van der Waals surface area contributed by atoms with Crippen LogP contribution in [0.15, 0.2) is 9.00 Å². The van der Waals surface area contributed by atoms with E-state index in [2.05, 4.69) is 28.0 Å². The van der Waals surface area contributed by atoms with E-state index < -0.39 is 0 Å². The molecule has 0 N–H and O–H groups in total. The van der Waals surface area contributed by atoms with E-state index in [0.717, 1.165) is 28.8 Å². The lowest BCUT2D eigenvalue weighted by Gasteiger charge is -1.86. The minimum Gasteiger partial charge on any atom is -0.360 e. The number of hydrogen-bond acceptors (Lipinski definition) is 2. The smallest absolute Gasteiger partial charge is 0.150 e. The van der Waals surface area contributed by atoms with Crippen LogP contribution in [0.2, 0.25) is 0 Å². The van der Waals surface area contributed by atoms with Crippen LogP contribution in [0.25, 0.3) is 0 Å². The largest absolute Gasteiger partial charge is 0.360 e. The second kappa shape index (κ2) is 3.19. The normalized spacial score (nSPS) is 10.3. The summed E-state index contributed by atoms with van der Waals surface area (Å²) in [4.78, 5) is 0. The zero-order valence-electron chi connectivity index (χ0n) is 6.15. The molecular formula is C7H10BrNO. The fourth-order valence-corrected chi connectivity index (χ4v) is 1.50. The number of halogens is 1. The topological polar surface area (TPSA) is 26.0 Å². The Balaban J connectivity index is 2.97. The molecule has 1 heterocycles. The average Bonchev–Trinajstić information content (AvgIpc) is 2.30. The number of aryl methyl sites for hydroxylation is 2. The summed E-state index contributed by atoms with van der Waals surface area (Å²) in [5, 5.41) is 3.88. The van der Waals surface area contributed by atoms with Gasteiger partial charge in [0.2, 0.25) is 0 Å². The van der Waals surface area contributed by atoms with Crippen molar-refractivity contribution in [2.75, 3.05) is 0 Å². The van der Waals surface area contributed by atoms with Gasteiger partial charge in [-0.05, 0) is 22.4 Å². The molecule has 0 aliphatic carbocycles. The van der Waals surface area contributed by atoms with E-state index in [4.69, 9.17) is 4.52 Å². The first kappa shape index (κ1) is 7.79. The quantitative estimate of drug-likeness (QED) is 0.739. The number of nitrogens with zero attached hydrogens (tertiary/aromatic N) is 1. The predicted molar refractivity (Wildman–Crippen MR) is 43.0 cm³/mol. The molecule has 0 aliphatic heterocycles. The average molecular weight is 204 g/mol. The first-order valence-electron chi connectivity index (χ1n) is 3.42. The maximum absolute atomic E-state index is 5.04. The third-order valence-electron chi connectivity index (χ3n) is 1.42. The third kappa shape index (κ3) is 1.24. The summed E-state index contributed by atoms with van der Waals surface area (Å²) in [5.41, 5.74) is 1.01. The second-order valence-corrected chi connectivity index (χ2v) is 2.87. The summed E-state index contributed by atoms with van der Waals surface area (Å²) >= 11 is 3.42. The molecule has 1 aromatic heterocycles. The van der Waals surface area contributed by atoms with Gasteiger partial charge in [0, 0.05) is 6.42 Å². The SMILES string of the molecule is CCc1noc(CC)c1Br. The zero-order valence-corrected chi connectivity index (χ0v) is 7.73. The van der Waals surface area contributed by atoms with Crippen LogP contribution in [0.1, 0.15) is 25.3 Å². The molecule has 0 atom stereocenters. The minimum atomic E-state index is 0.896. The van der Waals surface area contributed by atoms with Gasteiger partial charge in [0.05, 0.1) is 10.2 Å². The lowest BCUT2D eigenvalue weighted by atomic mass is 10.3. The van der Waals surface area contributed by atoms with Crippen molar-refractivity contribution in [2.24, 2.45) is 0 Å². The van der Waals surface area contributed by atoms with Crippen LogP contribution < -0.4 is 0 Å². The molecule has 1 aromatic rings. The van der Waals surface area contributed by atoms with Gasteiger partial charge in [-0.1, -0.05) is 19.0 Å². The molecular weight excluding hydrogens is 194 g/mol. The minimum absolute atomic E-state index is 0.896. The molecule has 0 unspecified atom stereocenters. The first-order valence-corrected chi connectivity index (χ1v) is 4.21. The van der Waals surface area contributed by atoms with Gasteiger partial charge in [-0.3, -0.25) is 0 Å². The number of hydrogen-bond donors (Lipinski definition) is 0. The highest BCUT2D eigenvalue weighted by Crippen LogP contribution is 2.21.